The number of primary amides is 1. The fourth-order valence-electron chi connectivity index (χ4n) is 4.77. The van der Waals surface area contributed by atoms with Crippen molar-refractivity contribution in [3.8, 4) is 0 Å². The molecule has 0 heterocycles. The maximum absolute atomic E-state index is 11.3. The number of hydrogen-bond acceptors (Lipinski definition) is 1. The Bertz CT molecular complexity index is 322. The van der Waals surface area contributed by atoms with Gasteiger partial charge in [0.2, 0.25) is 5.91 Å². The highest BCUT2D eigenvalue weighted by Crippen LogP contribution is 2.80. The first kappa shape index (κ1) is 8.75. The topological polar surface area (TPSA) is 43.1 Å². The predicted octanol–water partition coefficient (Wildman–Crippen LogP) is 1.79. The predicted molar refractivity (Wildman–Crippen MR) is 54.3 cm³/mol. The summed E-state index contributed by atoms with van der Waals surface area (Å²) in [4.78, 5) is 11.3. The van der Waals surface area contributed by atoms with E-state index in [1.807, 2.05) is 0 Å². The molecule has 4 aliphatic rings. The molecule has 5 atom stereocenters. The van der Waals surface area contributed by atoms with Crippen molar-refractivity contribution in [2.24, 2.45) is 40.2 Å². The van der Waals surface area contributed by atoms with Crippen molar-refractivity contribution >= 4 is 5.91 Å². The molecule has 2 nitrogen and oxygen atoms in total. The molecule has 0 spiro atoms. The smallest absolute Gasteiger partial charge is 0.221 e. The number of amides is 1. The standard InChI is InChI=1S/C12H19NO/c1-11(2)6-4-7-9(10(13)14)12(7,3)8(11)5-6/h6-9H,4-5H2,1-3H3,(H2,13,14)/t6-,7?,8+,9?,12?/m0/s1. The molecule has 78 valence electrons. The lowest BCUT2D eigenvalue weighted by molar-refractivity contribution is -0.123. The lowest BCUT2D eigenvalue weighted by Gasteiger charge is -2.59. The first-order chi connectivity index (χ1) is 6.40. The maximum Gasteiger partial charge on any atom is 0.221 e. The van der Waals surface area contributed by atoms with Crippen molar-refractivity contribution in [1.29, 1.82) is 0 Å². The van der Waals surface area contributed by atoms with Gasteiger partial charge in [0.05, 0.1) is 0 Å². The zero-order chi connectivity index (χ0) is 10.3. The minimum Gasteiger partial charge on any atom is -0.369 e. The average molecular weight is 193 g/mol. The first-order valence-electron chi connectivity index (χ1n) is 5.69. The summed E-state index contributed by atoms with van der Waals surface area (Å²) < 4.78 is 0. The van der Waals surface area contributed by atoms with Crippen LogP contribution >= 0.6 is 0 Å². The highest BCUT2D eigenvalue weighted by molar-refractivity contribution is 5.82. The van der Waals surface area contributed by atoms with Crippen LogP contribution in [0.25, 0.3) is 0 Å². The van der Waals surface area contributed by atoms with Crippen LogP contribution in [-0.2, 0) is 4.79 Å². The molecule has 0 saturated heterocycles. The Balaban J connectivity index is 1.94. The Morgan fingerprint density at radius 3 is 2.36 bits per heavy atom. The van der Waals surface area contributed by atoms with Crippen LogP contribution in [0.4, 0.5) is 0 Å². The van der Waals surface area contributed by atoms with Crippen LogP contribution in [0.3, 0.4) is 0 Å². The highest BCUT2D eigenvalue weighted by Gasteiger charge is 2.77. The Labute approximate surface area is 85.2 Å². The summed E-state index contributed by atoms with van der Waals surface area (Å²) in [6.07, 6.45) is 2.58. The summed E-state index contributed by atoms with van der Waals surface area (Å²) in [7, 11) is 0. The molecule has 0 aromatic carbocycles. The van der Waals surface area contributed by atoms with Crippen LogP contribution in [0.5, 0.6) is 0 Å². The molecule has 2 heteroatoms. The summed E-state index contributed by atoms with van der Waals surface area (Å²) in [6, 6.07) is 0. The molecule has 0 aromatic heterocycles. The molecule has 0 radical (unpaired) electrons. The van der Waals surface area contributed by atoms with Gasteiger partial charge in [0.15, 0.2) is 0 Å². The van der Waals surface area contributed by atoms with Crippen molar-refractivity contribution in [1.82, 2.24) is 0 Å². The average Bonchev–Trinajstić information content (AvgIpc) is 2.69. The number of nitrogens with two attached hydrogens (primary N) is 1. The van der Waals surface area contributed by atoms with E-state index in [1.165, 1.54) is 12.8 Å². The summed E-state index contributed by atoms with van der Waals surface area (Å²) in [5.74, 6) is 2.36. The lowest BCUT2D eigenvalue weighted by Crippen LogP contribution is -2.52. The lowest BCUT2D eigenvalue weighted by atomic mass is 9.45. The second-order valence-electron chi connectivity index (χ2n) is 6.39. The number of hydrogen-bond donors (Lipinski definition) is 1. The monoisotopic (exact) mass is 193 g/mol. The minimum absolute atomic E-state index is 0.0548. The molecule has 4 rings (SSSR count). The van der Waals surface area contributed by atoms with Gasteiger partial charge in [0, 0.05) is 5.92 Å². The first-order valence-corrected chi connectivity index (χ1v) is 5.69. The van der Waals surface area contributed by atoms with Crippen molar-refractivity contribution in [3.05, 3.63) is 0 Å². The molecule has 4 fully saturated rings. The molecule has 14 heavy (non-hydrogen) atoms. The molecule has 2 bridgehead atoms. The summed E-state index contributed by atoms with van der Waals surface area (Å²) in [5.41, 5.74) is 6.21. The molecule has 4 aliphatic carbocycles. The van der Waals surface area contributed by atoms with E-state index in [0.717, 1.165) is 11.8 Å². The van der Waals surface area contributed by atoms with Crippen molar-refractivity contribution in [3.63, 3.8) is 0 Å². The Hall–Kier alpha value is -0.530. The van der Waals surface area contributed by atoms with Crippen LogP contribution in [-0.4, -0.2) is 5.91 Å². The van der Waals surface area contributed by atoms with Gasteiger partial charge >= 0.3 is 0 Å². The van der Waals surface area contributed by atoms with Gasteiger partial charge in [-0.05, 0) is 41.4 Å². The van der Waals surface area contributed by atoms with E-state index in [1.54, 1.807) is 0 Å². The molecule has 3 unspecified atom stereocenters. The molecule has 2 N–H and O–H groups in total. The third-order valence-electron chi connectivity index (χ3n) is 5.83. The van der Waals surface area contributed by atoms with Gasteiger partial charge in [-0.25, -0.2) is 0 Å². The van der Waals surface area contributed by atoms with Crippen LogP contribution in [0.2, 0.25) is 0 Å². The van der Waals surface area contributed by atoms with Gasteiger partial charge in [0.1, 0.15) is 0 Å². The normalized spacial score (nSPS) is 57.1. The summed E-state index contributed by atoms with van der Waals surface area (Å²) in [6.45, 7) is 7.02. The van der Waals surface area contributed by atoms with E-state index < -0.39 is 0 Å². The highest BCUT2D eigenvalue weighted by atomic mass is 16.1. The van der Waals surface area contributed by atoms with Crippen molar-refractivity contribution in [2.45, 2.75) is 33.6 Å². The second kappa shape index (κ2) is 2.02. The van der Waals surface area contributed by atoms with Crippen LogP contribution in [0.15, 0.2) is 0 Å². The van der Waals surface area contributed by atoms with Crippen molar-refractivity contribution < 1.29 is 4.79 Å². The van der Waals surface area contributed by atoms with Gasteiger partial charge in [-0.1, -0.05) is 20.8 Å². The Kier molecular flexibility index (Phi) is 1.27. The van der Waals surface area contributed by atoms with E-state index in [-0.39, 0.29) is 17.2 Å². The minimum atomic E-state index is -0.0548. The van der Waals surface area contributed by atoms with Gasteiger partial charge in [0.25, 0.3) is 0 Å². The summed E-state index contributed by atoms with van der Waals surface area (Å²) in [5, 5.41) is 0. The van der Waals surface area contributed by atoms with E-state index in [2.05, 4.69) is 20.8 Å². The molecule has 4 saturated carbocycles. The van der Waals surface area contributed by atoms with Gasteiger partial charge in [-0.3, -0.25) is 4.79 Å². The third-order valence-corrected chi connectivity index (χ3v) is 5.83. The van der Waals surface area contributed by atoms with Crippen LogP contribution in [0, 0.1) is 34.5 Å². The van der Waals surface area contributed by atoms with E-state index >= 15 is 0 Å². The largest absolute Gasteiger partial charge is 0.369 e. The fraction of sp³-hybridized carbons (Fsp3) is 0.917. The number of rotatable bonds is 1. The van der Waals surface area contributed by atoms with Crippen LogP contribution < -0.4 is 5.73 Å². The second-order valence-corrected chi connectivity index (χ2v) is 6.39. The fourth-order valence-corrected chi connectivity index (χ4v) is 4.77. The van der Waals surface area contributed by atoms with Gasteiger partial charge in [-0.15, -0.1) is 0 Å². The van der Waals surface area contributed by atoms with Crippen molar-refractivity contribution in [2.75, 3.05) is 0 Å². The molecule has 0 aliphatic heterocycles. The zero-order valence-corrected chi connectivity index (χ0v) is 9.21. The Morgan fingerprint density at radius 2 is 1.93 bits per heavy atom. The van der Waals surface area contributed by atoms with Gasteiger partial charge in [-0.2, -0.15) is 0 Å². The summed E-state index contributed by atoms with van der Waals surface area (Å²) >= 11 is 0. The molecular weight excluding hydrogens is 174 g/mol. The van der Waals surface area contributed by atoms with Gasteiger partial charge < -0.3 is 5.73 Å². The number of carbonyl (C=O) groups is 1. The molecule has 0 aromatic rings. The number of carbonyl (C=O) groups excluding carboxylic acids is 1. The SMILES string of the molecule is CC12C(C[C@H]3C[C@@H]1C3(C)C)C2C(N)=O. The van der Waals surface area contributed by atoms with E-state index in [4.69, 9.17) is 5.73 Å². The molecular formula is C12H19NO. The van der Waals surface area contributed by atoms with E-state index in [9.17, 15) is 4.79 Å². The third kappa shape index (κ3) is 0.665. The zero-order valence-electron chi connectivity index (χ0n) is 9.21. The van der Waals surface area contributed by atoms with Crippen LogP contribution in [0.1, 0.15) is 33.6 Å². The maximum atomic E-state index is 11.3. The van der Waals surface area contributed by atoms with E-state index in [0.29, 0.717) is 11.3 Å². The quantitative estimate of drug-likeness (QED) is 0.678. The Morgan fingerprint density at radius 1 is 1.29 bits per heavy atom. The molecule has 1 amide bonds.